The minimum Gasteiger partial charge on any atom is -0.463 e. The highest BCUT2D eigenvalue weighted by atomic mass is 19.1. The Bertz CT molecular complexity index is 1140. The number of halogens is 1. The number of hydrogen-bond donors (Lipinski definition) is 2. The molecule has 33 heavy (non-hydrogen) atoms. The van der Waals surface area contributed by atoms with Crippen LogP contribution in [0, 0.1) is 17.7 Å². The average molecular weight is 452 g/mol. The van der Waals surface area contributed by atoms with E-state index in [1.54, 1.807) is 14.0 Å². The van der Waals surface area contributed by atoms with Gasteiger partial charge in [-0.25, -0.2) is 19.4 Å². The molecule has 1 atom stereocenters. The van der Waals surface area contributed by atoms with E-state index in [4.69, 9.17) is 10.5 Å². The zero-order valence-corrected chi connectivity index (χ0v) is 18.7. The van der Waals surface area contributed by atoms with Crippen LogP contribution in [0.1, 0.15) is 35.0 Å². The fraction of sp³-hybridized carbons (Fsp3) is 0.348. The maximum Gasteiger partial charge on any atom is 0.233 e. The molecule has 0 fully saturated rings. The number of nitrogens with zero attached hydrogens (tertiary/aromatic N) is 4. The first-order chi connectivity index (χ1) is 15.7. The largest absolute Gasteiger partial charge is 0.463 e. The molecule has 0 spiro atoms. The number of hydrogen-bond acceptors (Lipinski definition) is 8. The lowest BCUT2D eigenvalue weighted by atomic mass is 9.85. The van der Waals surface area contributed by atoms with Crippen molar-refractivity contribution in [3.8, 4) is 17.7 Å². The summed E-state index contributed by atoms with van der Waals surface area (Å²) < 4.78 is 20.0. The van der Waals surface area contributed by atoms with Gasteiger partial charge in [0.25, 0.3) is 0 Å². The maximum absolute atomic E-state index is 14.7. The number of nitrogens with two attached hydrogens (primary N) is 1. The summed E-state index contributed by atoms with van der Waals surface area (Å²) in [5, 5.41) is 2.89. The molecule has 3 rings (SSSR count). The lowest BCUT2D eigenvalue weighted by Gasteiger charge is -2.34. The minimum atomic E-state index is -1.16. The Morgan fingerprint density at radius 2 is 2.12 bits per heavy atom. The van der Waals surface area contributed by atoms with Crippen molar-refractivity contribution in [2.75, 3.05) is 27.2 Å². The Morgan fingerprint density at radius 1 is 1.33 bits per heavy atom. The lowest BCUT2D eigenvalue weighted by molar-refractivity contribution is -0.128. The Balaban J connectivity index is 1.72. The molecule has 2 heterocycles. The van der Waals surface area contributed by atoms with Gasteiger partial charge in [0.1, 0.15) is 11.5 Å². The van der Waals surface area contributed by atoms with Crippen molar-refractivity contribution in [1.82, 2.24) is 20.2 Å². The summed E-state index contributed by atoms with van der Waals surface area (Å²) in [6, 6.07) is 4.31. The van der Waals surface area contributed by atoms with Crippen LogP contribution in [-0.4, -0.2) is 59.8 Å². The summed E-state index contributed by atoms with van der Waals surface area (Å²) in [6.45, 7) is 2.36. The maximum atomic E-state index is 14.7. The van der Waals surface area contributed by atoms with E-state index in [0.29, 0.717) is 12.1 Å². The third-order valence-corrected chi connectivity index (χ3v) is 5.15. The van der Waals surface area contributed by atoms with Gasteiger partial charge in [0.05, 0.1) is 30.9 Å². The van der Waals surface area contributed by atoms with Gasteiger partial charge in [-0.15, -0.1) is 0 Å². The highest BCUT2D eigenvalue weighted by Crippen LogP contribution is 2.35. The molecule has 0 saturated carbocycles. The van der Waals surface area contributed by atoms with E-state index in [1.807, 2.05) is 0 Å². The van der Waals surface area contributed by atoms with Crippen LogP contribution in [-0.2, 0) is 16.8 Å². The Labute approximate surface area is 191 Å². The normalized spacial score (nSPS) is 17.8. The van der Waals surface area contributed by atoms with Gasteiger partial charge in [-0.3, -0.25) is 14.5 Å². The van der Waals surface area contributed by atoms with Crippen molar-refractivity contribution in [1.29, 1.82) is 0 Å². The van der Waals surface area contributed by atoms with Crippen LogP contribution in [0.3, 0.4) is 0 Å². The molecule has 9 nitrogen and oxygen atoms in total. The lowest BCUT2D eigenvalue weighted by Crippen LogP contribution is -2.47. The third kappa shape index (κ3) is 5.70. The van der Waals surface area contributed by atoms with Crippen molar-refractivity contribution in [2.45, 2.75) is 25.3 Å². The molecule has 0 saturated heterocycles. The first kappa shape index (κ1) is 23.8. The molecule has 2 aromatic rings. The molecule has 10 heteroatoms. The standard InChI is InChI=1S/C23H25FN6O3/c1-23(12-21(32)30(3)22(25)29-23)16-10-15(6-7-17(16)24)11-19(31)18-13-28-20(14-27-18)33-9-5-4-8-26-2/h6-7,10,13-14,26H,8-9,11-12H2,1-3H3,(H2,25,29). The van der Waals surface area contributed by atoms with Crippen LogP contribution in [0.2, 0.25) is 0 Å². The molecule has 3 N–H and O–H groups in total. The summed E-state index contributed by atoms with van der Waals surface area (Å²) in [5.74, 6) is 4.84. The predicted octanol–water partition coefficient (Wildman–Crippen LogP) is 1.03. The number of ketones is 1. The number of carbonyl (C=O) groups is 2. The Morgan fingerprint density at radius 3 is 2.79 bits per heavy atom. The molecule has 0 bridgehead atoms. The van der Waals surface area contributed by atoms with Gasteiger partial charge in [0.2, 0.25) is 11.8 Å². The highest BCUT2D eigenvalue weighted by Gasteiger charge is 2.38. The van der Waals surface area contributed by atoms with Gasteiger partial charge in [0.15, 0.2) is 18.3 Å². The third-order valence-electron chi connectivity index (χ3n) is 5.15. The highest BCUT2D eigenvalue weighted by molar-refractivity contribution is 5.99. The number of aromatic nitrogens is 2. The molecule has 1 aliphatic heterocycles. The van der Waals surface area contributed by atoms with E-state index in [-0.39, 0.29) is 54.2 Å². The first-order valence-electron chi connectivity index (χ1n) is 10.2. The van der Waals surface area contributed by atoms with Crippen molar-refractivity contribution >= 4 is 17.6 Å². The molecule has 1 amide bonds. The molecule has 1 aromatic carbocycles. The number of amides is 1. The summed E-state index contributed by atoms with van der Waals surface area (Å²) in [5.41, 5.74) is 5.58. The second-order valence-corrected chi connectivity index (χ2v) is 7.70. The number of carbonyl (C=O) groups excluding carboxylic acids is 2. The van der Waals surface area contributed by atoms with E-state index in [2.05, 4.69) is 32.1 Å². The topological polar surface area (TPSA) is 123 Å². The second kappa shape index (κ2) is 10.2. The predicted molar refractivity (Wildman–Crippen MR) is 120 cm³/mol. The average Bonchev–Trinajstić information content (AvgIpc) is 2.79. The molecule has 0 radical (unpaired) electrons. The number of aliphatic imine (C=N–C) groups is 1. The second-order valence-electron chi connectivity index (χ2n) is 7.70. The van der Waals surface area contributed by atoms with Crippen LogP contribution in [0.25, 0.3) is 0 Å². The Kier molecular flexibility index (Phi) is 7.35. The molecule has 172 valence electrons. The molecular weight excluding hydrogens is 427 g/mol. The van der Waals surface area contributed by atoms with Gasteiger partial charge < -0.3 is 15.8 Å². The fourth-order valence-electron chi connectivity index (χ4n) is 3.28. The number of guanidine groups is 1. The van der Waals surface area contributed by atoms with Crippen LogP contribution in [0.5, 0.6) is 5.88 Å². The van der Waals surface area contributed by atoms with Crippen molar-refractivity contribution in [3.63, 3.8) is 0 Å². The molecular formula is C23H25FN6O3. The van der Waals surface area contributed by atoms with Crippen molar-refractivity contribution in [2.24, 2.45) is 10.7 Å². The van der Waals surface area contributed by atoms with Gasteiger partial charge >= 0.3 is 0 Å². The number of ether oxygens (including phenoxy) is 1. The number of rotatable bonds is 7. The Hall–Kier alpha value is -3.84. The van der Waals surface area contributed by atoms with Gasteiger partial charge in [0, 0.05) is 19.0 Å². The van der Waals surface area contributed by atoms with Crippen molar-refractivity contribution in [3.05, 3.63) is 53.2 Å². The molecule has 0 aliphatic carbocycles. The van der Waals surface area contributed by atoms with Crippen molar-refractivity contribution < 1.29 is 18.7 Å². The zero-order chi connectivity index (χ0) is 24.0. The summed E-state index contributed by atoms with van der Waals surface area (Å²) in [4.78, 5) is 38.7. The summed E-state index contributed by atoms with van der Waals surface area (Å²) in [6.07, 6.45) is 2.61. The molecule has 1 aliphatic rings. The van der Waals surface area contributed by atoms with Gasteiger partial charge in [-0.05, 0) is 31.7 Å². The van der Waals surface area contributed by atoms with Crippen LogP contribution in [0.15, 0.2) is 35.6 Å². The summed E-state index contributed by atoms with van der Waals surface area (Å²) in [7, 11) is 3.31. The van der Waals surface area contributed by atoms with Crippen LogP contribution in [0.4, 0.5) is 4.39 Å². The van der Waals surface area contributed by atoms with Gasteiger partial charge in [-0.1, -0.05) is 17.9 Å². The molecule has 1 unspecified atom stereocenters. The first-order valence-corrected chi connectivity index (χ1v) is 10.2. The van der Waals surface area contributed by atoms with E-state index in [1.165, 1.54) is 42.5 Å². The number of nitrogens with one attached hydrogen (secondary N) is 1. The van der Waals surface area contributed by atoms with E-state index < -0.39 is 11.4 Å². The number of Topliss-reactive ketones (excluding diaryl/α,β-unsaturated/α-hetero) is 1. The quantitative estimate of drug-likeness (QED) is 0.475. The molecule has 1 aromatic heterocycles. The summed E-state index contributed by atoms with van der Waals surface area (Å²) >= 11 is 0. The minimum absolute atomic E-state index is 0.0141. The zero-order valence-electron chi connectivity index (χ0n) is 18.7. The van der Waals surface area contributed by atoms with Crippen LogP contribution >= 0.6 is 0 Å². The number of benzene rings is 1. The fourth-order valence-corrected chi connectivity index (χ4v) is 3.28. The van der Waals surface area contributed by atoms with E-state index >= 15 is 0 Å². The van der Waals surface area contributed by atoms with Gasteiger partial charge in [-0.2, -0.15) is 0 Å². The van der Waals surface area contributed by atoms with E-state index in [0.717, 1.165) is 0 Å². The SMILES string of the molecule is CNCC#CCOc1cnc(C(=O)Cc2ccc(F)c(C3(C)CC(=O)N(C)C(N)=N3)c2)cn1. The van der Waals surface area contributed by atoms with E-state index in [9.17, 15) is 14.0 Å². The smallest absolute Gasteiger partial charge is 0.233 e. The monoisotopic (exact) mass is 452 g/mol. The van der Waals surface area contributed by atoms with Crippen LogP contribution < -0.4 is 15.8 Å².